The first-order valence-corrected chi connectivity index (χ1v) is 5.82. The Morgan fingerprint density at radius 1 is 1.44 bits per heavy atom. The van der Waals surface area contributed by atoms with E-state index in [0.717, 1.165) is 12.2 Å². The molecule has 1 fully saturated rings. The van der Waals surface area contributed by atoms with E-state index in [-0.39, 0.29) is 18.4 Å². The number of hydrogen-bond acceptors (Lipinski definition) is 3. The Morgan fingerprint density at radius 2 is 2.19 bits per heavy atom. The molecule has 16 heavy (non-hydrogen) atoms. The molecule has 0 amide bonds. The van der Waals surface area contributed by atoms with Gasteiger partial charge < -0.3 is 15.5 Å². The Hall–Kier alpha value is -0.510. The van der Waals surface area contributed by atoms with Gasteiger partial charge in [0.15, 0.2) is 0 Å². The molecule has 0 aliphatic heterocycles. The molecule has 3 nitrogen and oxygen atoms in total. The lowest BCUT2D eigenvalue weighted by atomic mass is 9.90. The van der Waals surface area contributed by atoms with Crippen molar-refractivity contribution >= 4 is 12.4 Å². The predicted octanol–water partition coefficient (Wildman–Crippen LogP) is 2.62. The van der Waals surface area contributed by atoms with Gasteiger partial charge in [0, 0.05) is 12.1 Å². The fraction of sp³-hybridized carbons (Fsp3) is 0.667. The van der Waals surface area contributed by atoms with E-state index in [9.17, 15) is 0 Å². The molecule has 1 aliphatic carbocycles. The van der Waals surface area contributed by atoms with Gasteiger partial charge in [0.05, 0.1) is 12.3 Å². The van der Waals surface area contributed by atoms with E-state index in [1.807, 2.05) is 12.1 Å². The molecule has 3 N–H and O–H groups in total. The van der Waals surface area contributed by atoms with Gasteiger partial charge in [-0.15, -0.1) is 12.4 Å². The van der Waals surface area contributed by atoms with Gasteiger partial charge in [-0.3, -0.25) is 0 Å². The van der Waals surface area contributed by atoms with Crippen LogP contribution in [0.25, 0.3) is 0 Å². The van der Waals surface area contributed by atoms with Crippen molar-refractivity contribution in [3.8, 4) is 0 Å². The van der Waals surface area contributed by atoms with Gasteiger partial charge in [-0.2, -0.15) is 0 Å². The minimum Gasteiger partial charge on any atom is -0.468 e. The molecule has 0 aromatic carbocycles. The van der Waals surface area contributed by atoms with E-state index < -0.39 is 0 Å². The maximum absolute atomic E-state index is 6.09. The Labute approximate surface area is 103 Å². The molecule has 92 valence electrons. The molecule has 3 atom stereocenters. The number of nitrogens with two attached hydrogens (primary N) is 1. The topological polar surface area (TPSA) is 51.2 Å². The van der Waals surface area contributed by atoms with E-state index in [4.69, 9.17) is 10.2 Å². The maximum atomic E-state index is 6.09. The Balaban J connectivity index is 0.00000128. The molecule has 1 aliphatic rings. The molecule has 0 spiro atoms. The van der Waals surface area contributed by atoms with Gasteiger partial charge >= 0.3 is 0 Å². The molecule has 1 heterocycles. The fourth-order valence-corrected chi connectivity index (χ4v) is 2.31. The zero-order valence-electron chi connectivity index (χ0n) is 9.69. The molecule has 1 aromatic rings. The van der Waals surface area contributed by atoms with E-state index in [1.165, 1.54) is 19.3 Å². The third-order valence-corrected chi connectivity index (χ3v) is 3.25. The second-order valence-corrected chi connectivity index (χ2v) is 4.46. The van der Waals surface area contributed by atoms with E-state index in [0.29, 0.717) is 12.1 Å². The van der Waals surface area contributed by atoms with Crippen LogP contribution in [-0.4, -0.2) is 12.1 Å². The molecule has 1 saturated carbocycles. The van der Waals surface area contributed by atoms with Crippen molar-refractivity contribution in [3.63, 3.8) is 0 Å². The lowest BCUT2D eigenvalue weighted by Crippen LogP contribution is -2.47. The zero-order valence-corrected chi connectivity index (χ0v) is 10.5. The first-order chi connectivity index (χ1) is 7.27. The van der Waals surface area contributed by atoms with Crippen molar-refractivity contribution in [1.29, 1.82) is 0 Å². The van der Waals surface area contributed by atoms with Crippen LogP contribution >= 0.6 is 12.4 Å². The second kappa shape index (κ2) is 6.28. The largest absolute Gasteiger partial charge is 0.468 e. The van der Waals surface area contributed by atoms with Crippen LogP contribution in [0.15, 0.2) is 22.8 Å². The summed E-state index contributed by atoms with van der Waals surface area (Å²) in [5, 5.41) is 3.55. The Kier molecular flexibility index (Phi) is 5.32. The van der Waals surface area contributed by atoms with Gasteiger partial charge in [-0.05, 0) is 31.9 Å². The van der Waals surface area contributed by atoms with E-state index in [1.54, 1.807) is 6.26 Å². The quantitative estimate of drug-likeness (QED) is 0.860. The fourth-order valence-electron chi connectivity index (χ4n) is 2.31. The summed E-state index contributed by atoms with van der Waals surface area (Å²) in [7, 11) is 0. The first kappa shape index (κ1) is 13.6. The standard InChI is InChI=1S/C12H20N2O.ClH/c1-9(12-7-4-8-15-12)14-11-6-3-2-5-10(11)13;/h4,7-11,14H,2-3,5-6,13H2,1H3;1H. The van der Waals surface area contributed by atoms with Crippen molar-refractivity contribution in [3.05, 3.63) is 24.2 Å². The second-order valence-electron chi connectivity index (χ2n) is 4.46. The Bertz CT molecular complexity index is 289. The van der Waals surface area contributed by atoms with Crippen LogP contribution in [0.3, 0.4) is 0 Å². The van der Waals surface area contributed by atoms with Crippen molar-refractivity contribution < 1.29 is 4.42 Å². The van der Waals surface area contributed by atoms with Gasteiger partial charge in [0.2, 0.25) is 0 Å². The normalized spacial score (nSPS) is 27.1. The highest BCUT2D eigenvalue weighted by Crippen LogP contribution is 2.21. The third kappa shape index (κ3) is 3.24. The number of halogens is 1. The highest BCUT2D eigenvalue weighted by atomic mass is 35.5. The highest BCUT2D eigenvalue weighted by Gasteiger charge is 2.23. The summed E-state index contributed by atoms with van der Waals surface area (Å²) in [5.41, 5.74) is 6.09. The average Bonchev–Trinajstić information content (AvgIpc) is 2.74. The molecule has 0 saturated heterocycles. The molecule has 0 bridgehead atoms. The smallest absolute Gasteiger partial charge is 0.120 e. The number of rotatable bonds is 3. The van der Waals surface area contributed by atoms with Crippen molar-refractivity contribution in [2.45, 2.75) is 50.7 Å². The lowest BCUT2D eigenvalue weighted by molar-refractivity contribution is 0.291. The minimum absolute atomic E-state index is 0. The van der Waals surface area contributed by atoms with Crippen LogP contribution in [-0.2, 0) is 0 Å². The van der Waals surface area contributed by atoms with Crippen molar-refractivity contribution in [2.24, 2.45) is 5.73 Å². The zero-order chi connectivity index (χ0) is 10.7. The van der Waals surface area contributed by atoms with Crippen LogP contribution in [0.5, 0.6) is 0 Å². The van der Waals surface area contributed by atoms with Gasteiger partial charge in [0.1, 0.15) is 5.76 Å². The molecule has 3 unspecified atom stereocenters. The van der Waals surface area contributed by atoms with Crippen LogP contribution < -0.4 is 11.1 Å². The number of furan rings is 1. The summed E-state index contributed by atoms with van der Waals surface area (Å²) >= 11 is 0. The number of nitrogens with one attached hydrogen (secondary N) is 1. The molecular formula is C12H21ClN2O. The lowest BCUT2D eigenvalue weighted by Gasteiger charge is -2.31. The number of hydrogen-bond donors (Lipinski definition) is 2. The van der Waals surface area contributed by atoms with Crippen molar-refractivity contribution in [1.82, 2.24) is 5.32 Å². The summed E-state index contributed by atoms with van der Waals surface area (Å²) in [5.74, 6) is 0.993. The summed E-state index contributed by atoms with van der Waals surface area (Å²) < 4.78 is 5.37. The van der Waals surface area contributed by atoms with Crippen LogP contribution in [0.4, 0.5) is 0 Å². The molecule has 2 rings (SSSR count). The van der Waals surface area contributed by atoms with Crippen molar-refractivity contribution in [2.75, 3.05) is 0 Å². The van der Waals surface area contributed by atoms with Crippen LogP contribution in [0, 0.1) is 0 Å². The monoisotopic (exact) mass is 244 g/mol. The van der Waals surface area contributed by atoms with Gasteiger partial charge in [-0.1, -0.05) is 12.8 Å². The van der Waals surface area contributed by atoms with Crippen LogP contribution in [0.2, 0.25) is 0 Å². The summed E-state index contributed by atoms with van der Waals surface area (Å²) in [6.07, 6.45) is 6.60. The Morgan fingerprint density at radius 3 is 2.81 bits per heavy atom. The van der Waals surface area contributed by atoms with E-state index >= 15 is 0 Å². The van der Waals surface area contributed by atoms with E-state index in [2.05, 4.69) is 12.2 Å². The summed E-state index contributed by atoms with van der Waals surface area (Å²) in [6.45, 7) is 2.13. The summed E-state index contributed by atoms with van der Waals surface area (Å²) in [6, 6.07) is 4.93. The predicted molar refractivity (Wildman–Crippen MR) is 67.7 cm³/mol. The van der Waals surface area contributed by atoms with Gasteiger partial charge in [-0.25, -0.2) is 0 Å². The molecule has 1 aromatic heterocycles. The first-order valence-electron chi connectivity index (χ1n) is 5.82. The minimum atomic E-state index is 0. The molecule has 4 heteroatoms. The van der Waals surface area contributed by atoms with Crippen LogP contribution in [0.1, 0.15) is 44.4 Å². The maximum Gasteiger partial charge on any atom is 0.120 e. The average molecular weight is 245 g/mol. The third-order valence-electron chi connectivity index (χ3n) is 3.25. The SMILES string of the molecule is CC(NC1CCCCC1N)c1ccco1.Cl. The molecular weight excluding hydrogens is 224 g/mol. The highest BCUT2D eigenvalue weighted by molar-refractivity contribution is 5.85. The molecule has 0 radical (unpaired) electrons. The summed E-state index contributed by atoms with van der Waals surface area (Å²) in [4.78, 5) is 0. The van der Waals surface area contributed by atoms with Gasteiger partial charge in [0.25, 0.3) is 0 Å².